The molecule has 0 unspecified atom stereocenters. The molecule has 158 valence electrons. The maximum Gasteiger partial charge on any atom is 0.123 e. The number of aliphatic hydroxyl groups is 1. The third-order valence-electron chi connectivity index (χ3n) is 6.92. The van der Waals surface area contributed by atoms with E-state index in [4.69, 9.17) is 4.74 Å². The van der Waals surface area contributed by atoms with Crippen LogP contribution >= 0.6 is 0 Å². The number of benzene rings is 2. The first kappa shape index (κ1) is 19.6. The summed E-state index contributed by atoms with van der Waals surface area (Å²) in [4.78, 5) is 6.92. The normalized spacial score (nSPS) is 19.0. The number of para-hydroxylation sites is 2. The highest BCUT2D eigenvalue weighted by Gasteiger charge is 2.33. The molecular formula is C25H31N3O2. The van der Waals surface area contributed by atoms with Crippen molar-refractivity contribution in [2.24, 2.45) is 0 Å². The Morgan fingerprint density at radius 1 is 1.07 bits per heavy atom. The Morgan fingerprint density at radius 3 is 2.57 bits per heavy atom. The van der Waals surface area contributed by atoms with Gasteiger partial charge in [-0.2, -0.15) is 0 Å². The fraction of sp³-hybridized carbons (Fsp3) is 0.480. The topological polar surface area (TPSA) is 50.5 Å². The SMILES string of the molecule is COc1cc2c(cc1CN1CCC(O)(Cn3cnc4ccccc43)CC1)CCCC2. The molecular weight excluding hydrogens is 374 g/mol. The monoisotopic (exact) mass is 405 g/mol. The molecule has 1 fully saturated rings. The van der Waals surface area contributed by atoms with E-state index >= 15 is 0 Å². The van der Waals surface area contributed by atoms with Crippen LogP contribution in [0.4, 0.5) is 0 Å². The van der Waals surface area contributed by atoms with Gasteiger partial charge in [0.05, 0.1) is 36.6 Å². The summed E-state index contributed by atoms with van der Waals surface area (Å²) in [5.41, 5.74) is 5.63. The lowest BCUT2D eigenvalue weighted by molar-refractivity contribution is -0.0351. The van der Waals surface area contributed by atoms with E-state index in [1.54, 1.807) is 7.11 Å². The van der Waals surface area contributed by atoms with Crippen LogP contribution in [0.3, 0.4) is 0 Å². The number of ether oxygens (including phenoxy) is 1. The predicted molar refractivity (Wildman–Crippen MR) is 119 cm³/mol. The number of piperidine rings is 1. The second kappa shape index (κ2) is 8.05. The number of likely N-dealkylation sites (tertiary alicyclic amines) is 1. The third kappa shape index (κ3) is 3.84. The zero-order valence-corrected chi connectivity index (χ0v) is 17.8. The lowest BCUT2D eigenvalue weighted by Crippen LogP contribution is -2.46. The molecule has 5 heteroatoms. The molecule has 1 saturated heterocycles. The van der Waals surface area contributed by atoms with Crippen LogP contribution in [0.15, 0.2) is 42.7 Å². The van der Waals surface area contributed by atoms with Gasteiger partial charge >= 0.3 is 0 Å². The van der Waals surface area contributed by atoms with Crippen molar-refractivity contribution < 1.29 is 9.84 Å². The standard InChI is InChI=1S/C25H31N3O2/c1-30-24-15-20-7-3-2-6-19(20)14-21(24)16-27-12-10-25(29,11-13-27)17-28-18-26-22-8-4-5-9-23(22)28/h4-5,8-9,14-15,18,29H,2-3,6-7,10-13,16-17H2,1H3. The fourth-order valence-electron chi connectivity index (χ4n) is 5.11. The van der Waals surface area contributed by atoms with E-state index in [1.807, 2.05) is 24.5 Å². The first-order chi connectivity index (χ1) is 14.6. The molecule has 1 aliphatic carbocycles. The first-order valence-electron chi connectivity index (χ1n) is 11.2. The number of methoxy groups -OCH3 is 1. The minimum absolute atomic E-state index is 0.601. The minimum atomic E-state index is -0.681. The van der Waals surface area contributed by atoms with Crippen LogP contribution in [-0.2, 0) is 25.9 Å². The molecule has 1 N–H and O–H groups in total. The van der Waals surface area contributed by atoms with Gasteiger partial charge in [-0.25, -0.2) is 4.98 Å². The molecule has 0 spiro atoms. The van der Waals surface area contributed by atoms with Gasteiger partial charge < -0.3 is 14.4 Å². The quantitative estimate of drug-likeness (QED) is 0.698. The van der Waals surface area contributed by atoms with Crippen molar-refractivity contribution in [1.82, 2.24) is 14.5 Å². The van der Waals surface area contributed by atoms with Gasteiger partial charge in [-0.15, -0.1) is 0 Å². The third-order valence-corrected chi connectivity index (χ3v) is 6.92. The number of imidazole rings is 1. The highest BCUT2D eigenvalue weighted by Crippen LogP contribution is 2.32. The van der Waals surface area contributed by atoms with Gasteiger partial charge in [0.25, 0.3) is 0 Å². The summed E-state index contributed by atoms with van der Waals surface area (Å²) in [6.07, 6.45) is 8.33. The lowest BCUT2D eigenvalue weighted by Gasteiger charge is -2.38. The van der Waals surface area contributed by atoms with E-state index in [0.717, 1.165) is 49.3 Å². The van der Waals surface area contributed by atoms with E-state index in [0.29, 0.717) is 6.54 Å². The van der Waals surface area contributed by atoms with Crippen LogP contribution in [0.1, 0.15) is 42.4 Å². The Bertz CT molecular complexity index is 1030. The maximum atomic E-state index is 11.2. The minimum Gasteiger partial charge on any atom is -0.496 e. The molecule has 0 radical (unpaired) electrons. The maximum absolute atomic E-state index is 11.2. The van der Waals surface area contributed by atoms with Crippen LogP contribution in [0.2, 0.25) is 0 Å². The highest BCUT2D eigenvalue weighted by atomic mass is 16.5. The summed E-state index contributed by atoms with van der Waals surface area (Å²) in [6.45, 7) is 3.27. The van der Waals surface area contributed by atoms with E-state index in [1.165, 1.54) is 42.4 Å². The smallest absolute Gasteiger partial charge is 0.123 e. The summed E-state index contributed by atoms with van der Waals surface area (Å²) < 4.78 is 7.81. The van der Waals surface area contributed by atoms with Gasteiger partial charge in [-0.1, -0.05) is 18.2 Å². The number of hydrogen-bond acceptors (Lipinski definition) is 4. The Hall–Kier alpha value is -2.37. The van der Waals surface area contributed by atoms with Gasteiger partial charge in [0.15, 0.2) is 0 Å². The number of aromatic nitrogens is 2. The molecule has 30 heavy (non-hydrogen) atoms. The molecule has 0 amide bonds. The van der Waals surface area contributed by atoms with E-state index in [-0.39, 0.29) is 0 Å². The van der Waals surface area contributed by atoms with Gasteiger partial charge in [0, 0.05) is 25.2 Å². The average molecular weight is 406 g/mol. The molecule has 0 bridgehead atoms. The number of aryl methyl sites for hydroxylation is 2. The Morgan fingerprint density at radius 2 is 1.80 bits per heavy atom. The van der Waals surface area contributed by atoms with Crippen molar-refractivity contribution in [3.8, 4) is 5.75 Å². The van der Waals surface area contributed by atoms with E-state index < -0.39 is 5.60 Å². The molecule has 5 rings (SSSR count). The predicted octanol–water partition coefficient (Wildman–Crippen LogP) is 3.95. The van der Waals surface area contributed by atoms with Gasteiger partial charge in [-0.3, -0.25) is 4.90 Å². The second-order valence-electron chi connectivity index (χ2n) is 9.00. The molecule has 1 aromatic heterocycles. The van der Waals surface area contributed by atoms with Gasteiger partial charge in [0.2, 0.25) is 0 Å². The van der Waals surface area contributed by atoms with Crippen LogP contribution in [0.5, 0.6) is 5.75 Å². The van der Waals surface area contributed by atoms with Crippen molar-refractivity contribution in [1.29, 1.82) is 0 Å². The van der Waals surface area contributed by atoms with Gasteiger partial charge in [0.1, 0.15) is 5.75 Å². The largest absolute Gasteiger partial charge is 0.496 e. The van der Waals surface area contributed by atoms with Gasteiger partial charge in [-0.05, 0) is 67.9 Å². The van der Waals surface area contributed by atoms with Crippen LogP contribution in [0, 0.1) is 0 Å². The Labute approximate surface area is 178 Å². The summed E-state index contributed by atoms with van der Waals surface area (Å²) in [7, 11) is 1.78. The number of rotatable bonds is 5. The van der Waals surface area contributed by atoms with E-state index in [2.05, 4.69) is 32.7 Å². The van der Waals surface area contributed by atoms with Crippen molar-refractivity contribution in [2.45, 2.75) is 57.2 Å². The summed E-state index contributed by atoms with van der Waals surface area (Å²) in [5.74, 6) is 1.02. The molecule has 2 aliphatic rings. The second-order valence-corrected chi connectivity index (χ2v) is 9.00. The van der Waals surface area contributed by atoms with Crippen LogP contribution in [0.25, 0.3) is 11.0 Å². The van der Waals surface area contributed by atoms with Crippen molar-refractivity contribution in [2.75, 3.05) is 20.2 Å². The molecule has 0 atom stereocenters. The first-order valence-corrected chi connectivity index (χ1v) is 11.2. The molecule has 0 saturated carbocycles. The molecule has 2 aromatic carbocycles. The Balaban J connectivity index is 1.26. The highest BCUT2D eigenvalue weighted by molar-refractivity contribution is 5.74. The number of hydrogen-bond donors (Lipinski definition) is 1. The number of nitrogens with zero attached hydrogens (tertiary/aromatic N) is 3. The van der Waals surface area contributed by atoms with E-state index in [9.17, 15) is 5.11 Å². The molecule has 1 aliphatic heterocycles. The van der Waals surface area contributed by atoms with Crippen molar-refractivity contribution >= 4 is 11.0 Å². The fourth-order valence-corrected chi connectivity index (χ4v) is 5.11. The molecule has 5 nitrogen and oxygen atoms in total. The Kier molecular flexibility index (Phi) is 5.25. The number of fused-ring (bicyclic) bond motifs is 2. The summed E-state index contributed by atoms with van der Waals surface area (Å²) in [5, 5.41) is 11.2. The zero-order chi connectivity index (χ0) is 20.6. The van der Waals surface area contributed by atoms with Crippen molar-refractivity contribution in [3.05, 3.63) is 59.4 Å². The molecule has 2 heterocycles. The van der Waals surface area contributed by atoms with Crippen molar-refractivity contribution in [3.63, 3.8) is 0 Å². The van der Waals surface area contributed by atoms with Crippen LogP contribution < -0.4 is 4.74 Å². The van der Waals surface area contributed by atoms with Crippen LogP contribution in [-0.4, -0.2) is 45.4 Å². The summed E-state index contributed by atoms with van der Waals surface area (Å²) in [6, 6.07) is 12.7. The lowest BCUT2D eigenvalue weighted by atomic mass is 9.89. The average Bonchev–Trinajstić information content (AvgIpc) is 3.17. The molecule has 3 aromatic rings. The zero-order valence-electron chi connectivity index (χ0n) is 17.8. The summed E-state index contributed by atoms with van der Waals surface area (Å²) >= 11 is 0.